The van der Waals surface area contributed by atoms with Crippen LogP contribution in [0, 0.1) is 13.8 Å². The Morgan fingerprint density at radius 1 is 1.19 bits per heavy atom. The quantitative estimate of drug-likeness (QED) is 0.323. The van der Waals surface area contributed by atoms with Crippen molar-refractivity contribution < 1.29 is 27.5 Å². The van der Waals surface area contributed by atoms with Crippen molar-refractivity contribution in [3.63, 3.8) is 0 Å². The molecule has 0 amide bonds. The van der Waals surface area contributed by atoms with Gasteiger partial charge >= 0.3 is 5.97 Å². The number of sulfonamides is 1. The number of carbonyl (C=O) groups excluding carboxylic acids is 2. The van der Waals surface area contributed by atoms with E-state index in [1.165, 1.54) is 16.6 Å². The second kappa shape index (κ2) is 9.46. The van der Waals surface area contributed by atoms with Crippen LogP contribution in [0.3, 0.4) is 0 Å². The van der Waals surface area contributed by atoms with Crippen molar-refractivity contribution in [3.8, 4) is 0 Å². The topological polar surface area (TPSA) is 94.9 Å². The fourth-order valence-electron chi connectivity index (χ4n) is 4.32. The van der Waals surface area contributed by atoms with Crippen LogP contribution in [0.25, 0.3) is 0 Å². The Morgan fingerprint density at radius 2 is 1.91 bits per heavy atom. The van der Waals surface area contributed by atoms with E-state index in [1.807, 2.05) is 26.8 Å². The molecule has 0 aliphatic carbocycles. The molecule has 1 unspecified atom stereocenters. The van der Waals surface area contributed by atoms with E-state index >= 15 is 0 Å². The van der Waals surface area contributed by atoms with Crippen LogP contribution >= 0.6 is 0 Å². The van der Waals surface area contributed by atoms with Crippen LogP contribution in [0.15, 0.2) is 24.3 Å². The fraction of sp³-hybridized carbons (Fsp3) is 0.478. The number of aromatic nitrogens is 1. The largest absolute Gasteiger partial charge is 0.454 e. The number of carbonyl (C=O) groups is 2. The molecule has 2 aromatic rings. The molecule has 2 heterocycles. The maximum absolute atomic E-state index is 12.7. The summed E-state index contributed by atoms with van der Waals surface area (Å²) in [7, 11) is -1.75. The van der Waals surface area contributed by atoms with E-state index in [-0.39, 0.29) is 18.4 Å². The zero-order valence-corrected chi connectivity index (χ0v) is 20.0. The minimum absolute atomic E-state index is 0.216. The van der Waals surface area contributed by atoms with Crippen molar-refractivity contribution in [3.05, 3.63) is 52.3 Å². The molecule has 0 saturated carbocycles. The molecule has 0 bridgehead atoms. The van der Waals surface area contributed by atoms with Gasteiger partial charge in [-0.15, -0.1) is 0 Å². The lowest BCUT2D eigenvalue weighted by molar-refractivity contribution is 0.0474. The highest BCUT2D eigenvalue weighted by Gasteiger charge is 2.33. The van der Waals surface area contributed by atoms with E-state index < -0.39 is 16.0 Å². The molecule has 1 aromatic carbocycles. The smallest absolute Gasteiger partial charge is 0.338 e. The Labute approximate surface area is 189 Å². The number of rotatable bonds is 9. The van der Waals surface area contributed by atoms with Crippen LogP contribution in [0.5, 0.6) is 0 Å². The first-order chi connectivity index (χ1) is 15.0. The number of benzene rings is 1. The molecule has 0 radical (unpaired) electrons. The summed E-state index contributed by atoms with van der Waals surface area (Å²) in [6.07, 6.45) is 2.52. The monoisotopic (exact) mass is 462 g/mol. The minimum atomic E-state index is -3.40. The number of fused-ring (bicyclic) bond motifs is 1. The molecule has 0 fully saturated rings. The van der Waals surface area contributed by atoms with Gasteiger partial charge in [0.15, 0.2) is 6.61 Å². The predicted octanol–water partition coefficient (Wildman–Crippen LogP) is 2.89. The average molecular weight is 463 g/mol. The molecule has 0 saturated heterocycles. The van der Waals surface area contributed by atoms with Crippen molar-refractivity contribution in [2.24, 2.45) is 0 Å². The zero-order chi connectivity index (χ0) is 23.6. The van der Waals surface area contributed by atoms with Crippen molar-refractivity contribution in [1.29, 1.82) is 0 Å². The number of methoxy groups -OCH3 is 1. The van der Waals surface area contributed by atoms with Gasteiger partial charge in [-0.3, -0.25) is 9.10 Å². The average Bonchev–Trinajstić information content (AvgIpc) is 3.21. The van der Waals surface area contributed by atoms with Gasteiger partial charge in [0.05, 0.1) is 17.5 Å². The van der Waals surface area contributed by atoms with Crippen LogP contribution in [-0.2, 0) is 32.5 Å². The Morgan fingerprint density at radius 3 is 2.56 bits per heavy atom. The molecule has 32 heavy (non-hydrogen) atoms. The predicted molar refractivity (Wildman–Crippen MR) is 122 cm³/mol. The van der Waals surface area contributed by atoms with Crippen molar-refractivity contribution in [1.82, 2.24) is 4.57 Å². The molecular formula is C23H30N2O6S. The maximum Gasteiger partial charge on any atom is 0.338 e. The summed E-state index contributed by atoms with van der Waals surface area (Å²) >= 11 is 0. The van der Waals surface area contributed by atoms with Crippen LogP contribution in [-0.4, -0.2) is 57.4 Å². The number of hydrogen-bond donors (Lipinski definition) is 0. The van der Waals surface area contributed by atoms with Crippen molar-refractivity contribution in [2.45, 2.75) is 46.2 Å². The van der Waals surface area contributed by atoms with Gasteiger partial charge in [0.2, 0.25) is 15.8 Å². The normalized spacial score (nSPS) is 15.7. The highest BCUT2D eigenvalue weighted by atomic mass is 32.2. The molecular weight excluding hydrogens is 432 g/mol. The lowest BCUT2D eigenvalue weighted by Crippen LogP contribution is -2.34. The third-order valence-corrected chi connectivity index (χ3v) is 7.04. The van der Waals surface area contributed by atoms with Crippen LogP contribution in [0.2, 0.25) is 0 Å². The van der Waals surface area contributed by atoms with E-state index in [0.717, 1.165) is 29.9 Å². The number of ether oxygens (including phenoxy) is 2. The maximum atomic E-state index is 12.7. The van der Waals surface area contributed by atoms with Gasteiger partial charge in [0, 0.05) is 43.3 Å². The van der Waals surface area contributed by atoms with Crippen molar-refractivity contribution >= 4 is 27.5 Å². The number of aryl methyl sites for hydroxylation is 1. The first-order valence-electron chi connectivity index (χ1n) is 10.5. The molecule has 174 valence electrons. The van der Waals surface area contributed by atoms with E-state index in [9.17, 15) is 18.0 Å². The summed E-state index contributed by atoms with van der Waals surface area (Å²) in [5.41, 5.74) is 3.99. The van der Waals surface area contributed by atoms with Gasteiger partial charge in [-0.25, -0.2) is 13.2 Å². The lowest BCUT2D eigenvalue weighted by Gasteiger charge is -2.21. The molecule has 1 aliphatic rings. The van der Waals surface area contributed by atoms with Crippen molar-refractivity contribution in [2.75, 3.05) is 30.9 Å². The third kappa shape index (κ3) is 4.88. The van der Waals surface area contributed by atoms with Gasteiger partial charge < -0.3 is 14.0 Å². The van der Waals surface area contributed by atoms with Gasteiger partial charge in [-0.05, 0) is 63.4 Å². The number of anilines is 1. The summed E-state index contributed by atoms with van der Waals surface area (Å²) in [5, 5.41) is 0. The first kappa shape index (κ1) is 24.0. The molecule has 1 aliphatic heterocycles. The summed E-state index contributed by atoms with van der Waals surface area (Å²) in [6.45, 7) is 6.67. The van der Waals surface area contributed by atoms with Gasteiger partial charge in [0.25, 0.3) is 0 Å². The molecule has 9 heteroatoms. The number of Topliss-reactive ketones (excluding diaryl/α,β-unsaturated/α-hetero) is 1. The summed E-state index contributed by atoms with van der Waals surface area (Å²) in [6, 6.07) is 6.39. The van der Waals surface area contributed by atoms with Crippen LogP contribution < -0.4 is 4.31 Å². The van der Waals surface area contributed by atoms with Crippen LogP contribution in [0.4, 0.5) is 5.69 Å². The molecule has 3 rings (SSSR count). The van der Waals surface area contributed by atoms with Gasteiger partial charge in [-0.1, -0.05) is 0 Å². The number of esters is 1. The van der Waals surface area contributed by atoms with E-state index in [4.69, 9.17) is 9.47 Å². The molecule has 1 aromatic heterocycles. The van der Waals surface area contributed by atoms with Gasteiger partial charge in [-0.2, -0.15) is 0 Å². The molecule has 0 N–H and O–H groups in total. The number of hydrogen-bond acceptors (Lipinski definition) is 6. The second-order valence-corrected chi connectivity index (χ2v) is 10.1. The molecule has 1 atom stereocenters. The molecule has 0 spiro atoms. The summed E-state index contributed by atoms with van der Waals surface area (Å²) in [4.78, 5) is 25.2. The third-order valence-electron chi connectivity index (χ3n) is 5.76. The Hall–Kier alpha value is -2.65. The first-order valence-corrected chi connectivity index (χ1v) is 12.4. The van der Waals surface area contributed by atoms with E-state index in [2.05, 4.69) is 4.57 Å². The Balaban J connectivity index is 1.68. The Bertz CT molecular complexity index is 1140. The van der Waals surface area contributed by atoms with E-state index in [1.54, 1.807) is 19.2 Å². The number of ketones is 1. The van der Waals surface area contributed by atoms with E-state index in [0.29, 0.717) is 29.8 Å². The standard InChI is InChI=1S/C23H30N2O6S/c1-15-12-20(17(3)24(15)9-6-10-30-4)22(26)14-31-23(27)18-7-8-21-19(13-18)11-16(2)25(21)32(5,28)29/h7-8,12-13,16H,6,9-11,14H2,1-5H3. The highest BCUT2D eigenvalue weighted by Crippen LogP contribution is 2.34. The highest BCUT2D eigenvalue weighted by molar-refractivity contribution is 7.92. The summed E-state index contributed by atoms with van der Waals surface area (Å²) in [5.74, 6) is -0.872. The second-order valence-electron chi connectivity index (χ2n) is 8.24. The van der Waals surface area contributed by atoms with Crippen LogP contribution in [0.1, 0.15) is 51.0 Å². The summed E-state index contributed by atoms with van der Waals surface area (Å²) < 4.78 is 37.9. The SMILES string of the molecule is COCCCn1c(C)cc(C(=O)COC(=O)c2ccc3c(c2)CC(C)N3S(C)(=O)=O)c1C. The minimum Gasteiger partial charge on any atom is -0.454 e. The zero-order valence-electron chi connectivity index (χ0n) is 19.2. The number of nitrogens with zero attached hydrogens (tertiary/aromatic N) is 2. The lowest BCUT2D eigenvalue weighted by atomic mass is 10.1. The molecule has 8 nitrogen and oxygen atoms in total. The fourth-order valence-corrected chi connectivity index (χ4v) is 5.59. The van der Waals surface area contributed by atoms with Gasteiger partial charge in [0.1, 0.15) is 0 Å². The Kier molecular flexibility index (Phi) is 7.09.